The Bertz CT molecular complexity index is 321. The maximum absolute atomic E-state index is 5.65. The molecule has 2 rings (SSSR count). The Hall–Kier alpha value is -0.320. The highest BCUT2D eigenvalue weighted by molar-refractivity contribution is 9.10. The molecule has 1 aromatic heterocycles. The molecule has 0 aromatic carbocycles. The van der Waals surface area contributed by atoms with Crippen molar-refractivity contribution in [2.45, 2.75) is 6.42 Å². The number of aromatic nitrogens is 1. The first kappa shape index (κ1) is 12.7. The second kappa shape index (κ2) is 5.68. The van der Waals surface area contributed by atoms with Gasteiger partial charge in [0.2, 0.25) is 0 Å². The van der Waals surface area contributed by atoms with Crippen LogP contribution < -0.4 is 10.6 Å². The first-order valence-electron chi connectivity index (χ1n) is 4.87. The summed E-state index contributed by atoms with van der Waals surface area (Å²) in [5, 5.41) is 0. The molecule has 1 aromatic rings. The minimum atomic E-state index is 0. The van der Waals surface area contributed by atoms with Crippen LogP contribution in [0.1, 0.15) is 6.42 Å². The quantitative estimate of drug-likeness (QED) is 0.848. The molecule has 3 nitrogen and oxygen atoms in total. The fourth-order valence-corrected chi connectivity index (χ4v) is 2.14. The average molecular weight is 293 g/mol. The van der Waals surface area contributed by atoms with Crippen molar-refractivity contribution >= 4 is 34.2 Å². The zero-order valence-electron chi connectivity index (χ0n) is 8.40. The number of rotatable bonds is 2. The maximum Gasteiger partial charge on any atom is 0.129 e. The van der Waals surface area contributed by atoms with Crippen molar-refractivity contribution in [3.05, 3.63) is 22.8 Å². The molecule has 1 aliphatic rings. The van der Waals surface area contributed by atoms with E-state index in [1.54, 1.807) is 0 Å². The van der Waals surface area contributed by atoms with E-state index in [0.29, 0.717) is 5.92 Å². The number of halogens is 2. The topological polar surface area (TPSA) is 42.1 Å². The van der Waals surface area contributed by atoms with E-state index < -0.39 is 0 Å². The Morgan fingerprint density at radius 2 is 2.33 bits per heavy atom. The third-order valence-electron chi connectivity index (χ3n) is 2.64. The van der Waals surface area contributed by atoms with Crippen molar-refractivity contribution in [3.8, 4) is 0 Å². The Labute approximate surface area is 105 Å². The number of nitrogens with two attached hydrogens (primary N) is 1. The molecule has 0 saturated carbocycles. The number of anilines is 1. The van der Waals surface area contributed by atoms with E-state index in [4.69, 9.17) is 5.73 Å². The van der Waals surface area contributed by atoms with E-state index in [9.17, 15) is 0 Å². The smallest absolute Gasteiger partial charge is 0.129 e. The molecule has 0 amide bonds. The van der Waals surface area contributed by atoms with Gasteiger partial charge in [-0.2, -0.15) is 0 Å². The summed E-state index contributed by atoms with van der Waals surface area (Å²) in [7, 11) is 0. The lowest BCUT2D eigenvalue weighted by molar-refractivity contribution is 0.602. The second-order valence-corrected chi connectivity index (χ2v) is 4.47. The summed E-state index contributed by atoms with van der Waals surface area (Å²) in [6.45, 7) is 2.90. The highest BCUT2D eigenvalue weighted by Gasteiger charge is 2.21. The van der Waals surface area contributed by atoms with E-state index in [0.717, 1.165) is 30.1 Å². The molecule has 0 bridgehead atoms. The van der Waals surface area contributed by atoms with Gasteiger partial charge in [-0.25, -0.2) is 4.98 Å². The van der Waals surface area contributed by atoms with Crippen LogP contribution in [0.4, 0.5) is 5.82 Å². The molecule has 0 aliphatic carbocycles. The van der Waals surface area contributed by atoms with Crippen molar-refractivity contribution in [3.63, 3.8) is 0 Å². The van der Waals surface area contributed by atoms with E-state index in [1.165, 1.54) is 6.42 Å². The first-order valence-corrected chi connectivity index (χ1v) is 5.66. The highest BCUT2D eigenvalue weighted by atomic mass is 79.9. The molecular formula is C10H15BrClN3. The molecule has 1 atom stereocenters. The summed E-state index contributed by atoms with van der Waals surface area (Å²) in [6.07, 6.45) is 1.19. The van der Waals surface area contributed by atoms with E-state index in [1.807, 2.05) is 18.2 Å². The summed E-state index contributed by atoms with van der Waals surface area (Å²) in [5.41, 5.74) is 5.65. The van der Waals surface area contributed by atoms with Gasteiger partial charge in [-0.05, 0) is 46.9 Å². The van der Waals surface area contributed by atoms with Crippen molar-refractivity contribution in [1.29, 1.82) is 0 Å². The molecule has 1 unspecified atom stereocenters. The molecule has 15 heavy (non-hydrogen) atoms. The van der Waals surface area contributed by atoms with Gasteiger partial charge >= 0.3 is 0 Å². The Balaban J connectivity index is 0.00000112. The van der Waals surface area contributed by atoms with Gasteiger partial charge in [0, 0.05) is 13.1 Å². The summed E-state index contributed by atoms with van der Waals surface area (Å²) < 4.78 is 0.895. The van der Waals surface area contributed by atoms with Crippen LogP contribution >= 0.6 is 28.3 Å². The van der Waals surface area contributed by atoms with Crippen LogP contribution in [0.15, 0.2) is 22.8 Å². The van der Waals surface area contributed by atoms with Crippen LogP contribution in [0.2, 0.25) is 0 Å². The van der Waals surface area contributed by atoms with Gasteiger partial charge in [0.25, 0.3) is 0 Å². The molecule has 84 valence electrons. The summed E-state index contributed by atoms with van der Waals surface area (Å²) in [4.78, 5) is 6.72. The molecular weight excluding hydrogens is 277 g/mol. The molecule has 0 spiro atoms. The molecule has 5 heteroatoms. The van der Waals surface area contributed by atoms with Gasteiger partial charge < -0.3 is 10.6 Å². The van der Waals surface area contributed by atoms with Crippen LogP contribution in [-0.4, -0.2) is 24.6 Å². The van der Waals surface area contributed by atoms with Crippen LogP contribution in [0.3, 0.4) is 0 Å². The van der Waals surface area contributed by atoms with Gasteiger partial charge in [-0.3, -0.25) is 0 Å². The van der Waals surface area contributed by atoms with Crippen LogP contribution in [0, 0.1) is 5.92 Å². The van der Waals surface area contributed by atoms with Crippen molar-refractivity contribution in [1.82, 2.24) is 4.98 Å². The second-order valence-electron chi connectivity index (χ2n) is 3.65. The van der Waals surface area contributed by atoms with E-state index >= 15 is 0 Å². The predicted octanol–water partition coefficient (Wildman–Crippen LogP) is 2.05. The maximum atomic E-state index is 5.65. The van der Waals surface area contributed by atoms with E-state index in [-0.39, 0.29) is 12.4 Å². The summed E-state index contributed by atoms with van der Waals surface area (Å²) in [5.74, 6) is 1.69. The van der Waals surface area contributed by atoms with Gasteiger partial charge in [-0.1, -0.05) is 6.07 Å². The van der Waals surface area contributed by atoms with E-state index in [2.05, 4.69) is 25.8 Å². The lowest BCUT2D eigenvalue weighted by atomic mass is 10.1. The lowest BCUT2D eigenvalue weighted by Crippen LogP contribution is -2.23. The number of hydrogen-bond acceptors (Lipinski definition) is 3. The first-order chi connectivity index (χ1) is 6.79. The summed E-state index contributed by atoms with van der Waals surface area (Å²) >= 11 is 3.38. The normalized spacial score (nSPS) is 20.1. The SMILES string of the molecule is Cl.NCC1CCN(c2cccc(Br)n2)C1. The number of nitrogens with zero attached hydrogens (tertiary/aromatic N) is 2. The van der Waals surface area contributed by atoms with Gasteiger partial charge in [-0.15, -0.1) is 12.4 Å². The number of pyridine rings is 1. The van der Waals surface area contributed by atoms with Gasteiger partial charge in [0.05, 0.1) is 0 Å². The van der Waals surface area contributed by atoms with Crippen LogP contribution in [0.5, 0.6) is 0 Å². The Morgan fingerprint density at radius 3 is 2.93 bits per heavy atom. The molecule has 1 aliphatic heterocycles. The minimum Gasteiger partial charge on any atom is -0.356 e. The molecule has 1 saturated heterocycles. The molecule has 2 heterocycles. The standard InChI is InChI=1S/C10H14BrN3.ClH/c11-9-2-1-3-10(13-9)14-5-4-8(6-12)7-14;/h1-3,8H,4-7,12H2;1H. The fourth-order valence-electron chi connectivity index (χ4n) is 1.81. The van der Waals surface area contributed by atoms with Gasteiger partial charge in [0.15, 0.2) is 0 Å². The monoisotopic (exact) mass is 291 g/mol. The van der Waals surface area contributed by atoms with Crippen LogP contribution in [0.25, 0.3) is 0 Å². The zero-order valence-corrected chi connectivity index (χ0v) is 10.8. The predicted molar refractivity (Wildman–Crippen MR) is 68.6 cm³/mol. The van der Waals surface area contributed by atoms with Gasteiger partial charge in [0.1, 0.15) is 10.4 Å². The van der Waals surface area contributed by atoms with Crippen molar-refractivity contribution in [2.75, 3.05) is 24.5 Å². The average Bonchev–Trinajstić information content (AvgIpc) is 2.66. The van der Waals surface area contributed by atoms with Crippen molar-refractivity contribution in [2.24, 2.45) is 11.7 Å². The third kappa shape index (κ3) is 3.06. The van der Waals surface area contributed by atoms with Crippen LogP contribution in [-0.2, 0) is 0 Å². The molecule has 2 N–H and O–H groups in total. The molecule has 0 radical (unpaired) electrons. The third-order valence-corrected chi connectivity index (χ3v) is 3.09. The molecule has 1 fully saturated rings. The fraction of sp³-hybridized carbons (Fsp3) is 0.500. The largest absolute Gasteiger partial charge is 0.356 e. The Morgan fingerprint density at radius 1 is 1.53 bits per heavy atom. The zero-order chi connectivity index (χ0) is 9.97. The highest BCUT2D eigenvalue weighted by Crippen LogP contribution is 2.22. The minimum absolute atomic E-state index is 0. The lowest BCUT2D eigenvalue weighted by Gasteiger charge is -2.17. The summed E-state index contributed by atoms with van der Waals surface area (Å²) in [6, 6.07) is 6.01. The number of hydrogen-bond donors (Lipinski definition) is 1. The Kier molecular flexibility index (Phi) is 4.83. The van der Waals surface area contributed by atoms with Crippen molar-refractivity contribution < 1.29 is 0 Å².